The molecule has 0 N–H and O–H groups in total. The van der Waals surface area contributed by atoms with Crippen molar-refractivity contribution in [1.82, 2.24) is 15.0 Å². The van der Waals surface area contributed by atoms with Crippen LogP contribution in [0.2, 0.25) is 0 Å². The summed E-state index contributed by atoms with van der Waals surface area (Å²) in [6.45, 7) is 4.63. The van der Waals surface area contributed by atoms with E-state index in [1.165, 1.54) is 93.3 Å². The molecule has 1 aromatic heterocycles. The van der Waals surface area contributed by atoms with Crippen LogP contribution in [0.3, 0.4) is 0 Å². The molecule has 4 nitrogen and oxygen atoms in total. The number of hydrogen-bond acceptors (Lipinski definition) is 4. The lowest BCUT2D eigenvalue weighted by Crippen LogP contribution is -2.55. The van der Waals surface area contributed by atoms with Crippen LogP contribution in [0.5, 0.6) is 0 Å². The standard InChI is InChI=1S/C65H50N4/c1-64(2)57-33-39(38-66)22-25-53(57)54-26-23-46(36-58(54)64)47-24-27-55-56-21-11-20-52(60(56)65(59(55)37-47)50-29-40-28-41(31-50)32-51(65)30-40)48-18-9-16-44(34-48)45-17-10-19-49(35-45)63-68-61(42-12-5-3-6-13-42)67-62(69-63)43-14-7-4-8-15-43/h3-27,33-37,40-41,50-51H,28-32H2,1-2H3. The first kappa shape index (κ1) is 40.3. The molecule has 6 aliphatic rings. The number of benzene rings is 8. The van der Waals surface area contributed by atoms with Crippen molar-refractivity contribution in [2.24, 2.45) is 23.7 Å². The minimum Gasteiger partial charge on any atom is -0.208 e. The minimum atomic E-state index is -0.196. The molecule has 4 fully saturated rings. The van der Waals surface area contributed by atoms with Crippen molar-refractivity contribution in [3.8, 4) is 95.9 Å². The fourth-order valence-electron chi connectivity index (χ4n) is 14.3. The lowest BCUT2D eigenvalue weighted by molar-refractivity contribution is -0.0397. The summed E-state index contributed by atoms with van der Waals surface area (Å²) in [7, 11) is 0. The Labute approximate surface area is 404 Å². The Balaban J connectivity index is 0.876. The third-order valence-electron chi connectivity index (χ3n) is 17.1. The molecule has 4 bridgehead atoms. The lowest BCUT2D eigenvalue weighted by Gasteiger charge is -2.61. The largest absolute Gasteiger partial charge is 0.208 e. The highest BCUT2D eigenvalue weighted by Crippen LogP contribution is 2.71. The third-order valence-corrected chi connectivity index (χ3v) is 17.1. The fourth-order valence-corrected chi connectivity index (χ4v) is 14.3. The van der Waals surface area contributed by atoms with Gasteiger partial charge in [-0.05, 0) is 170 Å². The molecular weight excluding hydrogens is 837 g/mol. The molecule has 1 heterocycles. The molecule has 9 aromatic rings. The first-order chi connectivity index (χ1) is 33.8. The van der Waals surface area contributed by atoms with Gasteiger partial charge in [-0.3, -0.25) is 0 Å². The molecule has 15 rings (SSSR count). The molecule has 0 atom stereocenters. The molecule has 0 unspecified atom stereocenters. The maximum absolute atomic E-state index is 9.77. The van der Waals surface area contributed by atoms with Crippen molar-refractivity contribution in [3.05, 3.63) is 210 Å². The van der Waals surface area contributed by atoms with E-state index < -0.39 is 0 Å². The normalized spacial score (nSPS) is 21.6. The van der Waals surface area contributed by atoms with E-state index in [0.29, 0.717) is 29.3 Å². The SMILES string of the molecule is CC1(C)c2cc(C#N)ccc2-c2ccc(-c3ccc4c(c3)C3(c5c(-c6cccc(-c7cccc(-c8nc(-c9ccccc9)nc(-c9ccccc9)n8)c7)c6)cccc5-4)C4CC5CC(C4)CC3C5)cc21. The predicted molar refractivity (Wildman–Crippen MR) is 278 cm³/mol. The highest BCUT2D eigenvalue weighted by molar-refractivity contribution is 5.92. The van der Waals surface area contributed by atoms with E-state index in [1.807, 2.05) is 42.5 Å². The summed E-state index contributed by atoms with van der Waals surface area (Å²) in [6, 6.07) is 68.7. The van der Waals surface area contributed by atoms with Gasteiger partial charge < -0.3 is 0 Å². The Kier molecular flexibility index (Phi) is 8.85. The molecule has 0 saturated heterocycles. The van der Waals surface area contributed by atoms with Crippen LogP contribution in [-0.4, -0.2) is 15.0 Å². The van der Waals surface area contributed by atoms with Gasteiger partial charge in [0.1, 0.15) is 0 Å². The molecule has 4 heteroatoms. The molecule has 0 aliphatic heterocycles. The molecule has 0 radical (unpaired) electrons. The van der Waals surface area contributed by atoms with Crippen LogP contribution in [-0.2, 0) is 10.8 Å². The quantitative estimate of drug-likeness (QED) is 0.167. The van der Waals surface area contributed by atoms with E-state index in [0.717, 1.165) is 39.7 Å². The maximum atomic E-state index is 9.77. The van der Waals surface area contributed by atoms with Gasteiger partial charge in [-0.2, -0.15) is 5.26 Å². The van der Waals surface area contributed by atoms with Crippen molar-refractivity contribution in [2.75, 3.05) is 0 Å². The molecule has 8 aromatic carbocycles. The maximum Gasteiger partial charge on any atom is 0.164 e. The average Bonchev–Trinajstić information content (AvgIpc) is 3.82. The number of aromatic nitrogens is 3. The van der Waals surface area contributed by atoms with E-state index >= 15 is 0 Å². The van der Waals surface area contributed by atoms with Gasteiger partial charge in [-0.1, -0.05) is 159 Å². The second-order valence-electron chi connectivity index (χ2n) is 21.1. The molecule has 6 aliphatic carbocycles. The summed E-state index contributed by atoms with van der Waals surface area (Å²) >= 11 is 0. The highest BCUT2D eigenvalue weighted by Gasteiger charge is 2.62. The Morgan fingerprint density at radius 2 is 0.841 bits per heavy atom. The summed E-state index contributed by atoms with van der Waals surface area (Å²) in [5, 5.41) is 9.77. The first-order valence-corrected chi connectivity index (χ1v) is 24.9. The van der Waals surface area contributed by atoms with Crippen molar-refractivity contribution in [1.29, 1.82) is 5.26 Å². The average molecular weight is 887 g/mol. The van der Waals surface area contributed by atoms with Gasteiger partial charge in [-0.25, -0.2) is 15.0 Å². The van der Waals surface area contributed by atoms with Gasteiger partial charge in [-0.15, -0.1) is 0 Å². The van der Waals surface area contributed by atoms with E-state index in [1.54, 1.807) is 11.1 Å². The number of hydrogen-bond donors (Lipinski definition) is 0. The smallest absolute Gasteiger partial charge is 0.164 e. The summed E-state index contributed by atoms with van der Waals surface area (Å²) < 4.78 is 0. The first-order valence-electron chi connectivity index (χ1n) is 24.9. The Morgan fingerprint density at radius 3 is 1.45 bits per heavy atom. The second-order valence-corrected chi connectivity index (χ2v) is 21.1. The molecule has 330 valence electrons. The zero-order valence-corrected chi connectivity index (χ0v) is 39.0. The summed E-state index contributed by atoms with van der Waals surface area (Å²) in [5.41, 5.74) is 22.0. The zero-order valence-electron chi connectivity index (χ0n) is 39.0. The van der Waals surface area contributed by atoms with E-state index in [9.17, 15) is 5.26 Å². The van der Waals surface area contributed by atoms with E-state index in [4.69, 9.17) is 15.0 Å². The predicted octanol–water partition coefficient (Wildman–Crippen LogP) is 15.8. The number of nitrogens with zero attached hydrogens (tertiary/aromatic N) is 4. The molecule has 4 saturated carbocycles. The lowest BCUT2D eigenvalue weighted by atomic mass is 9.42. The van der Waals surface area contributed by atoms with Crippen LogP contribution in [0.4, 0.5) is 0 Å². The van der Waals surface area contributed by atoms with Crippen LogP contribution in [0.15, 0.2) is 182 Å². The zero-order chi connectivity index (χ0) is 46.0. The van der Waals surface area contributed by atoms with Crippen LogP contribution in [0.1, 0.15) is 73.8 Å². The Bertz CT molecular complexity index is 3530. The van der Waals surface area contributed by atoms with Crippen LogP contribution >= 0.6 is 0 Å². The van der Waals surface area contributed by atoms with Crippen molar-refractivity contribution in [3.63, 3.8) is 0 Å². The minimum absolute atomic E-state index is 0.0356. The van der Waals surface area contributed by atoms with Gasteiger partial charge >= 0.3 is 0 Å². The monoisotopic (exact) mass is 886 g/mol. The van der Waals surface area contributed by atoms with Crippen LogP contribution in [0.25, 0.3) is 89.8 Å². The van der Waals surface area contributed by atoms with E-state index in [2.05, 4.69) is 159 Å². The van der Waals surface area contributed by atoms with Crippen LogP contribution < -0.4 is 0 Å². The topological polar surface area (TPSA) is 62.5 Å². The van der Waals surface area contributed by atoms with Gasteiger partial charge in [0, 0.05) is 27.5 Å². The summed E-state index contributed by atoms with van der Waals surface area (Å²) in [4.78, 5) is 15.1. The Hall–Kier alpha value is -7.74. The van der Waals surface area contributed by atoms with Crippen molar-refractivity contribution < 1.29 is 0 Å². The van der Waals surface area contributed by atoms with Gasteiger partial charge in [0.15, 0.2) is 17.5 Å². The second kappa shape index (κ2) is 15.1. The van der Waals surface area contributed by atoms with Gasteiger partial charge in [0.05, 0.1) is 11.6 Å². The summed E-state index contributed by atoms with van der Waals surface area (Å²) in [6.07, 6.45) is 6.70. The van der Waals surface area contributed by atoms with E-state index in [-0.39, 0.29) is 10.8 Å². The molecule has 69 heavy (non-hydrogen) atoms. The van der Waals surface area contributed by atoms with Crippen LogP contribution in [0, 0.1) is 35.0 Å². The van der Waals surface area contributed by atoms with Crippen molar-refractivity contribution in [2.45, 2.75) is 56.8 Å². The van der Waals surface area contributed by atoms with Gasteiger partial charge in [0.2, 0.25) is 0 Å². The molecule has 0 amide bonds. The molecule has 1 spiro atoms. The van der Waals surface area contributed by atoms with Gasteiger partial charge in [0.25, 0.3) is 0 Å². The number of nitriles is 1. The third kappa shape index (κ3) is 6.09. The summed E-state index contributed by atoms with van der Waals surface area (Å²) in [5.74, 6) is 4.91. The number of rotatable bonds is 6. The molecular formula is C65H50N4. The number of fused-ring (bicyclic) bond motifs is 6. The highest BCUT2D eigenvalue weighted by atomic mass is 15.0. The fraction of sp³-hybridized carbons (Fsp3) is 0.200. The Morgan fingerprint density at radius 1 is 0.391 bits per heavy atom. The van der Waals surface area contributed by atoms with Crippen molar-refractivity contribution >= 4 is 0 Å².